The van der Waals surface area contributed by atoms with Crippen molar-refractivity contribution in [2.75, 3.05) is 9.71 Å². The second-order valence-electron chi connectivity index (χ2n) is 24.8. The number of para-hydroxylation sites is 1. The molecule has 3 aliphatic carbocycles. The minimum Gasteiger partial charge on any atom is -0.376 e. The molecule has 6 aliphatic rings. The summed E-state index contributed by atoms with van der Waals surface area (Å²) in [5.41, 5.74) is 26.4. The highest BCUT2D eigenvalue weighted by Gasteiger charge is 2.62. The Morgan fingerprint density at radius 1 is 0.541 bits per heavy atom. The molecule has 314 valence electrons. The molecule has 2 atom stereocenters. The zero-order chi connectivity index (χ0) is 43.4. The molecule has 1 saturated carbocycles. The highest BCUT2D eigenvalue weighted by molar-refractivity contribution is 6.93. The van der Waals surface area contributed by atoms with Gasteiger partial charge in [-0.25, -0.2) is 0 Å². The lowest BCUT2D eigenvalue weighted by atomic mass is 9.42. The maximum Gasteiger partial charge on any atom is 0.333 e. The van der Waals surface area contributed by atoms with Crippen LogP contribution in [0, 0.1) is 6.92 Å². The molecule has 0 aromatic heterocycles. The first-order valence-corrected chi connectivity index (χ1v) is 23.8. The number of hydrogen-bond acceptors (Lipinski definition) is 2. The molecule has 0 saturated heterocycles. The molecule has 61 heavy (non-hydrogen) atoms. The third-order valence-corrected chi connectivity index (χ3v) is 17.9. The number of fused-ring (bicyclic) bond motifs is 12. The van der Waals surface area contributed by atoms with Crippen LogP contribution in [0.25, 0.3) is 22.3 Å². The van der Waals surface area contributed by atoms with Gasteiger partial charge in [-0.15, -0.1) is 0 Å². The quantitative estimate of drug-likeness (QED) is 0.156. The summed E-state index contributed by atoms with van der Waals surface area (Å²) in [5.74, 6) is 0. The Labute approximate surface area is 368 Å². The molecule has 0 spiro atoms. The molecule has 1 fully saturated rings. The molecule has 3 aliphatic heterocycles. The molecular weight excluding hydrogens is 735 g/mol. The van der Waals surface area contributed by atoms with Crippen LogP contribution < -0.4 is 20.6 Å². The van der Waals surface area contributed by atoms with Gasteiger partial charge in [0, 0.05) is 39.1 Å². The molecule has 2 nitrogen and oxygen atoms in total. The van der Waals surface area contributed by atoms with Gasteiger partial charge in [0.1, 0.15) is 0 Å². The van der Waals surface area contributed by atoms with Crippen LogP contribution in [0.2, 0.25) is 0 Å². The summed E-state index contributed by atoms with van der Waals surface area (Å²) in [5, 5.41) is 0. The zero-order valence-corrected chi connectivity index (χ0v) is 40.1. The first kappa shape index (κ1) is 39.6. The maximum atomic E-state index is 2.94. The topological polar surface area (TPSA) is 6.48 Å². The van der Waals surface area contributed by atoms with Crippen molar-refractivity contribution in [3.63, 3.8) is 0 Å². The number of aryl methyl sites for hydroxylation is 1. The Morgan fingerprint density at radius 2 is 1.18 bits per heavy atom. The molecule has 11 rings (SSSR count). The van der Waals surface area contributed by atoms with Crippen molar-refractivity contribution >= 4 is 40.5 Å². The molecule has 0 N–H and O–H groups in total. The van der Waals surface area contributed by atoms with E-state index in [1.807, 2.05) is 0 Å². The minimum absolute atomic E-state index is 0.0112. The van der Waals surface area contributed by atoms with Crippen molar-refractivity contribution in [1.29, 1.82) is 0 Å². The van der Waals surface area contributed by atoms with Crippen LogP contribution >= 0.6 is 0 Å². The first-order chi connectivity index (χ1) is 28.4. The van der Waals surface area contributed by atoms with Crippen LogP contribution in [0.15, 0.2) is 72.8 Å². The van der Waals surface area contributed by atoms with Gasteiger partial charge < -0.3 is 9.71 Å². The molecule has 5 aromatic carbocycles. The predicted molar refractivity (Wildman–Crippen MR) is 263 cm³/mol. The van der Waals surface area contributed by atoms with Gasteiger partial charge in [-0.2, -0.15) is 0 Å². The van der Waals surface area contributed by atoms with Crippen molar-refractivity contribution in [2.24, 2.45) is 0 Å². The molecule has 0 amide bonds. The summed E-state index contributed by atoms with van der Waals surface area (Å²) in [4.78, 5) is 5.76. The van der Waals surface area contributed by atoms with E-state index < -0.39 is 0 Å². The van der Waals surface area contributed by atoms with E-state index in [1.54, 1.807) is 16.7 Å². The van der Waals surface area contributed by atoms with E-state index in [1.165, 1.54) is 122 Å². The van der Waals surface area contributed by atoms with Gasteiger partial charge in [-0.05, 0) is 158 Å². The second kappa shape index (κ2) is 11.9. The van der Waals surface area contributed by atoms with Crippen LogP contribution in [-0.4, -0.2) is 12.4 Å². The van der Waals surface area contributed by atoms with E-state index in [-0.39, 0.29) is 44.9 Å². The summed E-state index contributed by atoms with van der Waals surface area (Å²) in [6.45, 7) is 37.2. The molecular formula is C58H69BN2. The Kier molecular flexibility index (Phi) is 7.70. The molecule has 2 unspecified atom stereocenters. The summed E-state index contributed by atoms with van der Waals surface area (Å²) in [6, 6.07) is 30.3. The first-order valence-electron chi connectivity index (χ1n) is 23.8. The largest absolute Gasteiger partial charge is 0.376 e. The van der Waals surface area contributed by atoms with Crippen molar-refractivity contribution in [1.82, 2.24) is 0 Å². The van der Waals surface area contributed by atoms with Gasteiger partial charge in [0.25, 0.3) is 0 Å². The van der Waals surface area contributed by atoms with E-state index in [2.05, 4.69) is 186 Å². The van der Waals surface area contributed by atoms with Crippen LogP contribution in [0.3, 0.4) is 0 Å². The fraction of sp³-hybridized carbons (Fsp3) is 0.483. The summed E-state index contributed by atoms with van der Waals surface area (Å²) in [7, 11) is 0. The highest BCUT2D eigenvalue weighted by atomic mass is 15.3. The summed E-state index contributed by atoms with van der Waals surface area (Å²) in [6.07, 6.45) is 7.43. The predicted octanol–water partition coefficient (Wildman–Crippen LogP) is 14.2. The van der Waals surface area contributed by atoms with Crippen LogP contribution in [-0.2, 0) is 32.5 Å². The van der Waals surface area contributed by atoms with Crippen LogP contribution in [0.4, 0.5) is 22.7 Å². The lowest BCUT2D eigenvalue weighted by molar-refractivity contribution is 0.195. The fourth-order valence-electron chi connectivity index (χ4n) is 13.6. The van der Waals surface area contributed by atoms with E-state index in [0.717, 1.165) is 0 Å². The van der Waals surface area contributed by atoms with Gasteiger partial charge in [-0.3, -0.25) is 0 Å². The van der Waals surface area contributed by atoms with E-state index >= 15 is 0 Å². The third kappa shape index (κ3) is 4.93. The Morgan fingerprint density at radius 3 is 1.85 bits per heavy atom. The van der Waals surface area contributed by atoms with Crippen molar-refractivity contribution in [2.45, 2.75) is 180 Å². The van der Waals surface area contributed by atoms with Crippen molar-refractivity contribution in [3.8, 4) is 22.3 Å². The van der Waals surface area contributed by atoms with Gasteiger partial charge in [0.15, 0.2) is 0 Å². The number of nitrogens with zero attached hydrogens (tertiary/aromatic N) is 2. The number of hydrogen-bond donors (Lipinski definition) is 0. The Bertz CT molecular complexity index is 2770. The number of benzene rings is 5. The lowest BCUT2D eigenvalue weighted by Gasteiger charge is -2.53. The third-order valence-electron chi connectivity index (χ3n) is 17.9. The molecule has 0 bridgehead atoms. The van der Waals surface area contributed by atoms with Crippen molar-refractivity contribution in [3.05, 3.63) is 117 Å². The normalized spacial score (nSPS) is 24.3. The summed E-state index contributed by atoms with van der Waals surface area (Å²) < 4.78 is 0. The lowest BCUT2D eigenvalue weighted by Crippen LogP contribution is -2.65. The monoisotopic (exact) mass is 805 g/mol. The maximum absolute atomic E-state index is 2.94. The highest BCUT2D eigenvalue weighted by Crippen LogP contribution is 2.64. The number of rotatable bonds is 1. The van der Waals surface area contributed by atoms with Gasteiger partial charge >= 0.3 is 6.85 Å². The second-order valence-corrected chi connectivity index (χ2v) is 24.8. The smallest absolute Gasteiger partial charge is 0.333 e. The zero-order valence-electron chi connectivity index (χ0n) is 40.1. The SMILES string of the molecule is Cc1ccccc1N1B2c3cc(C(C)(C)C)cc4c3N(c3cc(C(C)(C)C)cc(c32)-c2c1ccc1c2-c2cc3c(cc2C1(C)C)C(C)(C)CCC3(C)C)C1(C)CCCCC41C. The average molecular weight is 805 g/mol. The fourth-order valence-corrected chi connectivity index (χ4v) is 13.6. The number of anilines is 4. The van der Waals surface area contributed by atoms with E-state index in [9.17, 15) is 0 Å². The Hall–Kier alpha value is -4.24. The standard InChI is InChI=1S/C58H69BN2/c1-34-20-16-17-21-45(34)61-46-23-22-39-48(37-32-41-42(33-40(37)56(39,12)13)55(10,11)27-26-54(41,8)9)49(46)38-28-35(52(2,3)4)31-47-50(38)59(61)44-30-36(53(5,6)7)29-43-51(44)60(47)58(15)25-19-18-24-57(43,58)14/h16-17,20-23,28-33H,18-19,24-27H2,1-15H3. The van der Waals surface area contributed by atoms with Crippen LogP contribution in [0.5, 0.6) is 0 Å². The Balaban J connectivity index is 1.33. The van der Waals surface area contributed by atoms with E-state index in [0.29, 0.717) is 0 Å². The molecule has 5 aromatic rings. The average Bonchev–Trinajstić information content (AvgIpc) is 3.54. The summed E-state index contributed by atoms with van der Waals surface area (Å²) >= 11 is 0. The van der Waals surface area contributed by atoms with Gasteiger partial charge in [0.05, 0.1) is 5.54 Å². The molecule has 3 heteroatoms. The molecule has 0 radical (unpaired) electrons. The minimum atomic E-state index is -0.131. The van der Waals surface area contributed by atoms with Crippen LogP contribution in [0.1, 0.15) is 180 Å². The van der Waals surface area contributed by atoms with Gasteiger partial charge in [-0.1, -0.05) is 151 Å². The van der Waals surface area contributed by atoms with E-state index in [4.69, 9.17) is 0 Å². The van der Waals surface area contributed by atoms with Gasteiger partial charge in [0.2, 0.25) is 0 Å². The van der Waals surface area contributed by atoms with Crippen molar-refractivity contribution < 1.29 is 0 Å². The molecule has 3 heterocycles.